The summed E-state index contributed by atoms with van der Waals surface area (Å²) in [4.78, 5) is 18.2. The fraction of sp³-hybridized carbons (Fsp3) is 0.400. The number of aromatic amines is 1. The molecule has 28 heavy (non-hydrogen) atoms. The van der Waals surface area contributed by atoms with Crippen LogP contribution in [0.25, 0.3) is 10.9 Å². The maximum Gasteiger partial charge on any atom is 0.435 e. The summed E-state index contributed by atoms with van der Waals surface area (Å²) in [6.45, 7) is 0.544. The number of nitrogens with zero attached hydrogens (tertiary/aromatic N) is 3. The third-order valence-electron chi connectivity index (χ3n) is 5.35. The minimum Gasteiger partial charge on any atom is -0.360 e. The molecule has 0 unspecified atom stereocenters. The molecule has 5 nitrogen and oxygen atoms in total. The lowest BCUT2D eigenvalue weighted by Crippen LogP contribution is -2.41. The molecule has 1 fully saturated rings. The molecular formula is C20H21F3N4O. The van der Waals surface area contributed by atoms with Crippen molar-refractivity contribution in [3.63, 3.8) is 0 Å². The van der Waals surface area contributed by atoms with Gasteiger partial charge in [-0.3, -0.25) is 9.48 Å². The Hall–Kier alpha value is -2.77. The smallest absolute Gasteiger partial charge is 0.360 e. The lowest BCUT2D eigenvalue weighted by Gasteiger charge is -2.29. The molecule has 1 aliphatic carbocycles. The number of carbonyl (C=O) groups is 1. The predicted octanol–water partition coefficient (Wildman–Crippen LogP) is 4.47. The molecule has 1 aromatic carbocycles. The summed E-state index contributed by atoms with van der Waals surface area (Å²) in [5.74, 6) is -0.0902. The monoisotopic (exact) mass is 390 g/mol. The Balaban J connectivity index is 1.55. The highest BCUT2D eigenvalue weighted by Gasteiger charge is 2.34. The molecule has 0 radical (unpaired) electrons. The van der Waals surface area contributed by atoms with Gasteiger partial charge in [-0.2, -0.15) is 18.3 Å². The molecule has 148 valence electrons. The number of rotatable bonds is 5. The number of hydrogen-bond donors (Lipinski definition) is 1. The van der Waals surface area contributed by atoms with Crippen LogP contribution in [-0.2, 0) is 12.7 Å². The van der Waals surface area contributed by atoms with E-state index in [-0.39, 0.29) is 18.5 Å². The molecule has 0 bridgehead atoms. The maximum absolute atomic E-state index is 13.3. The molecular weight excluding hydrogens is 369 g/mol. The van der Waals surface area contributed by atoms with E-state index in [9.17, 15) is 18.0 Å². The van der Waals surface area contributed by atoms with Crippen LogP contribution in [0.1, 0.15) is 41.7 Å². The number of halogens is 3. The van der Waals surface area contributed by atoms with Gasteiger partial charge in [0.05, 0.1) is 12.1 Å². The number of carbonyl (C=O) groups excluding carboxylic acids is 1. The Kier molecular flexibility index (Phi) is 4.87. The van der Waals surface area contributed by atoms with E-state index in [4.69, 9.17) is 0 Å². The van der Waals surface area contributed by atoms with Crippen LogP contribution in [0.2, 0.25) is 0 Å². The van der Waals surface area contributed by atoms with Gasteiger partial charge in [-0.1, -0.05) is 31.0 Å². The summed E-state index contributed by atoms with van der Waals surface area (Å²) in [7, 11) is 0. The van der Waals surface area contributed by atoms with Gasteiger partial charge in [0.15, 0.2) is 5.69 Å². The topological polar surface area (TPSA) is 53.9 Å². The second-order valence-electron chi connectivity index (χ2n) is 7.15. The van der Waals surface area contributed by atoms with Gasteiger partial charge >= 0.3 is 6.18 Å². The van der Waals surface area contributed by atoms with Gasteiger partial charge in [0, 0.05) is 35.9 Å². The summed E-state index contributed by atoms with van der Waals surface area (Å²) in [5, 5.41) is 4.46. The number of nitrogens with one attached hydrogen (secondary N) is 1. The first-order valence-corrected chi connectivity index (χ1v) is 9.41. The third-order valence-corrected chi connectivity index (χ3v) is 5.35. The number of benzene rings is 1. The zero-order valence-corrected chi connectivity index (χ0v) is 15.2. The number of amides is 1. The zero-order valence-electron chi connectivity index (χ0n) is 15.2. The Morgan fingerprint density at radius 3 is 2.68 bits per heavy atom. The highest BCUT2D eigenvalue weighted by Crippen LogP contribution is 2.28. The first-order valence-electron chi connectivity index (χ1n) is 9.41. The molecule has 8 heteroatoms. The van der Waals surface area contributed by atoms with E-state index in [0.717, 1.165) is 42.7 Å². The van der Waals surface area contributed by atoms with Crippen molar-refractivity contribution in [2.45, 2.75) is 44.4 Å². The number of fused-ring (bicyclic) bond motifs is 1. The third kappa shape index (κ3) is 3.63. The van der Waals surface area contributed by atoms with Crippen LogP contribution in [0.15, 0.2) is 42.7 Å². The minimum atomic E-state index is -4.46. The quantitative estimate of drug-likeness (QED) is 0.699. The number of aromatic nitrogens is 3. The van der Waals surface area contributed by atoms with E-state index in [1.807, 2.05) is 24.3 Å². The fourth-order valence-electron chi connectivity index (χ4n) is 3.92. The van der Waals surface area contributed by atoms with Crippen molar-refractivity contribution in [1.82, 2.24) is 19.7 Å². The Morgan fingerprint density at radius 1 is 1.21 bits per heavy atom. The molecule has 1 N–H and O–H groups in total. The Labute approximate surface area is 160 Å². The average Bonchev–Trinajstić information content (AvgIpc) is 3.41. The van der Waals surface area contributed by atoms with Crippen LogP contribution in [0.3, 0.4) is 0 Å². The lowest BCUT2D eigenvalue weighted by atomic mass is 10.1. The van der Waals surface area contributed by atoms with Crippen LogP contribution < -0.4 is 0 Å². The van der Waals surface area contributed by atoms with E-state index in [2.05, 4.69) is 10.1 Å². The van der Waals surface area contributed by atoms with Crippen molar-refractivity contribution in [1.29, 1.82) is 0 Å². The molecule has 1 amide bonds. The molecule has 1 aliphatic rings. The van der Waals surface area contributed by atoms with Gasteiger partial charge in [0.1, 0.15) is 0 Å². The largest absolute Gasteiger partial charge is 0.435 e. The van der Waals surface area contributed by atoms with Crippen molar-refractivity contribution in [3.8, 4) is 0 Å². The SMILES string of the molecule is O=C(c1c[nH]c2ccccc12)N(CCn1ccc(C(F)(F)F)n1)C1CCCC1. The van der Waals surface area contributed by atoms with Crippen molar-refractivity contribution in [3.05, 3.63) is 54.0 Å². The number of para-hydroxylation sites is 1. The molecule has 3 aromatic rings. The number of alkyl halides is 3. The van der Waals surface area contributed by atoms with E-state index < -0.39 is 11.9 Å². The molecule has 0 spiro atoms. The normalized spacial score (nSPS) is 15.4. The standard InChI is InChI=1S/C20H21F3N4O/c21-20(22,23)18-9-10-26(25-18)11-12-27(14-5-1-2-6-14)19(28)16-13-24-17-8-4-3-7-15(16)17/h3-4,7-10,13-14,24H,1-2,5-6,11-12H2. The van der Waals surface area contributed by atoms with Gasteiger partial charge in [-0.25, -0.2) is 0 Å². The summed E-state index contributed by atoms with van der Waals surface area (Å²) in [5.41, 5.74) is 0.570. The number of hydrogen-bond acceptors (Lipinski definition) is 2. The second kappa shape index (κ2) is 7.33. The van der Waals surface area contributed by atoms with Crippen molar-refractivity contribution in [2.24, 2.45) is 0 Å². The fourth-order valence-corrected chi connectivity index (χ4v) is 3.92. The Bertz CT molecular complexity index is 969. The first-order chi connectivity index (χ1) is 13.4. The molecule has 2 aromatic heterocycles. The highest BCUT2D eigenvalue weighted by molar-refractivity contribution is 6.06. The van der Waals surface area contributed by atoms with Gasteiger partial charge in [-0.15, -0.1) is 0 Å². The van der Waals surface area contributed by atoms with Crippen molar-refractivity contribution in [2.75, 3.05) is 6.54 Å². The first kappa shape index (κ1) is 18.6. The highest BCUT2D eigenvalue weighted by atomic mass is 19.4. The van der Waals surface area contributed by atoms with E-state index >= 15 is 0 Å². The average molecular weight is 390 g/mol. The molecule has 4 rings (SSSR count). The van der Waals surface area contributed by atoms with E-state index in [1.54, 1.807) is 11.1 Å². The van der Waals surface area contributed by atoms with Crippen LogP contribution in [0.4, 0.5) is 13.2 Å². The molecule has 0 aliphatic heterocycles. The molecule has 1 saturated carbocycles. The summed E-state index contributed by atoms with van der Waals surface area (Å²) in [6.07, 6.45) is 2.51. The number of H-pyrrole nitrogens is 1. The van der Waals surface area contributed by atoms with Gasteiger partial charge in [-0.05, 0) is 25.0 Å². The van der Waals surface area contributed by atoms with Gasteiger partial charge in [0.2, 0.25) is 0 Å². The predicted molar refractivity (Wildman–Crippen MR) is 98.8 cm³/mol. The van der Waals surface area contributed by atoms with Crippen molar-refractivity contribution >= 4 is 16.8 Å². The van der Waals surface area contributed by atoms with Crippen LogP contribution >= 0.6 is 0 Å². The summed E-state index contributed by atoms with van der Waals surface area (Å²) < 4.78 is 39.6. The van der Waals surface area contributed by atoms with E-state index in [0.29, 0.717) is 12.1 Å². The van der Waals surface area contributed by atoms with E-state index in [1.165, 1.54) is 10.9 Å². The molecule has 2 heterocycles. The Morgan fingerprint density at radius 2 is 1.96 bits per heavy atom. The molecule has 0 atom stereocenters. The van der Waals surface area contributed by atoms with Crippen LogP contribution in [-0.4, -0.2) is 38.2 Å². The van der Waals surface area contributed by atoms with Gasteiger partial charge < -0.3 is 9.88 Å². The zero-order chi connectivity index (χ0) is 19.7. The maximum atomic E-state index is 13.3. The van der Waals surface area contributed by atoms with Crippen molar-refractivity contribution < 1.29 is 18.0 Å². The minimum absolute atomic E-state index is 0.0902. The lowest BCUT2D eigenvalue weighted by molar-refractivity contribution is -0.141. The second-order valence-corrected chi connectivity index (χ2v) is 7.15. The van der Waals surface area contributed by atoms with Crippen LogP contribution in [0.5, 0.6) is 0 Å². The molecule has 0 saturated heterocycles. The summed E-state index contributed by atoms with van der Waals surface area (Å²) >= 11 is 0. The summed E-state index contributed by atoms with van der Waals surface area (Å²) in [6, 6.07) is 8.66. The van der Waals surface area contributed by atoms with Gasteiger partial charge in [0.25, 0.3) is 5.91 Å². The van der Waals surface area contributed by atoms with Crippen LogP contribution in [0, 0.1) is 0 Å².